The standard InChI is InChI=1S/C27H23N5O3S2/c33-25(17-19-28-21-6-2-1-3-7-21)20-9-11-22(12-10-20)30-27(36)31-23-13-15-24(16-14-23)37(34,35)32-26-8-4-5-18-29-26/h1-19,28H,(H,29,32)(H2,30,31,36)/b19-17+. The highest BCUT2D eigenvalue weighted by Crippen LogP contribution is 2.18. The van der Waals surface area contributed by atoms with Gasteiger partial charge < -0.3 is 16.0 Å². The molecule has 3 aromatic carbocycles. The number of thiocarbonyl (C=S) groups is 1. The Morgan fingerprint density at radius 3 is 2.00 bits per heavy atom. The molecule has 0 amide bonds. The molecule has 0 aliphatic rings. The fraction of sp³-hybridized carbons (Fsp3) is 0. The number of carbonyl (C=O) groups excluding carboxylic acids is 1. The van der Waals surface area contributed by atoms with Crippen LogP contribution in [0.15, 0.2) is 120 Å². The van der Waals surface area contributed by atoms with E-state index >= 15 is 0 Å². The summed E-state index contributed by atoms with van der Waals surface area (Å²) < 4.78 is 27.5. The van der Waals surface area contributed by atoms with E-state index in [-0.39, 0.29) is 16.5 Å². The summed E-state index contributed by atoms with van der Waals surface area (Å²) in [5.74, 6) is 0.103. The molecule has 1 aromatic heterocycles. The smallest absolute Gasteiger partial charge is 0.263 e. The number of benzene rings is 3. The van der Waals surface area contributed by atoms with Gasteiger partial charge in [0.25, 0.3) is 10.0 Å². The third-order valence-electron chi connectivity index (χ3n) is 5.01. The third kappa shape index (κ3) is 7.47. The van der Waals surface area contributed by atoms with Gasteiger partial charge in [-0.2, -0.15) is 0 Å². The van der Waals surface area contributed by atoms with Gasteiger partial charge >= 0.3 is 0 Å². The van der Waals surface area contributed by atoms with Crippen LogP contribution >= 0.6 is 12.2 Å². The van der Waals surface area contributed by atoms with Crippen LogP contribution < -0.4 is 20.7 Å². The third-order valence-corrected chi connectivity index (χ3v) is 6.59. The Bertz CT molecular complexity index is 1490. The number of anilines is 4. The van der Waals surface area contributed by atoms with E-state index in [0.717, 1.165) is 5.69 Å². The summed E-state index contributed by atoms with van der Waals surface area (Å²) >= 11 is 5.35. The van der Waals surface area contributed by atoms with Crippen molar-refractivity contribution in [3.8, 4) is 0 Å². The van der Waals surface area contributed by atoms with Gasteiger partial charge in [0.15, 0.2) is 10.9 Å². The van der Waals surface area contributed by atoms with E-state index in [1.165, 1.54) is 24.4 Å². The summed E-state index contributed by atoms with van der Waals surface area (Å²) in [6.07, 6.45) is 4.58. The molecule has 4 N–H and O–H groups in total. The number of pyridine rings is 1. The Morgan fingerprint density at radius 2 is 1.38 bits per heavy atom. The van der Waals surface area contributed by atoms with Crippen molar-refractivity contribution in [1.82, 2.24) is 4.98 Å². The average molecular weight is 530 g/mol. The van der Waals surface area contributed by atoms with Crippen LogP contribution in [0.1, 0.15) is 10.4 Å². The second-order valence-corrected chi connectivity index (χ2v) is 9.80. The number of hydrogen-bond acceptors (Lipinski definition) is 6. The number of ketones is 1. The number of aromatic nitrogens is 1. The van der Waals surface area contributed by atoms with Crippen molar-refractivity contribution in [3.63, 3.8) is 0 Å². The zero-order valence-corrected chi connectivity index (χ0v) is 21.1. The van der Waals surface area contributed by atoms with Crippen molar-refractivity contribution < 1.29 is 13.2 Å². The maximum Gasteiger partial charge on any atom is 0.263 e. The van der Waals surface area contributed by atoms with E-state index in [1.54, 1.807) is 60.8 Å². The Morgan fingerprint density at radius 1 is 0.757 bits per heavy atom. The van der Waals surface area contributed by atoms with Crippen LogP contribution in [0.4, 0.5) is 22.9 Å². The number of rotatable bonds is 9. The van der Waals surface area contributed by atoms with Crippen LogP contribution in [0.2, 0.25) is 0 Å². The van der Waals surface area contributed by atoms with Crippen LogP contribution in [0, 0.1) is 0 Å². The zero-order chi connectivity index (χ0) is 26.1. The number of nitrogens with zero attached hydrogens (tertiary/aromatic N) is 1. The van der Waals surface area contributed by atoms with Crippen LogP contribution in [0.5, 0.6) is 0 Å². The molecule has 0 atom stereocenters. The normalized spacial score (nSPS) is 11.0. The van der Waals surface area contributed by atoms with E-state index in [1.807, 2.05) is 30.3 Å². The average Bonchev–Trinajstić information content (AvgIpc) is 2.90. The Kier molecular flexibility index (Phi) is 8.24. The predicted molar refractivity (Wildman–Crippen MR) is 151 cm³/mol. The van der Waals surface area contributed by atoms with Gasteiger partial charge in [-0.15, -0.1) is 0 Å². The van der Waals surface area contributed by atoms with Gasteiger partial charge in [0.1, 0.15) is 5.82 Å². The SMILES string of the molecule is O=C(/C=C/Nc1ccccc1)c1ccc(NC(=S)Nc2ccc(S(=O)(=O)Nc3ccccn3)cc2)cc1. The van der Waals surface area contributed by atoms with Gasteiger partial charge in [-0.05, 0) is 85.0 Å². The van der Waals surface area contributed by atoms with Crippen molar-refractivity contribution in [2.45, 2.75) is 4.90 Å². The fourth-order valence-electron chi connectivity index (χ4n) is 3.19. The molecule has 4 aromatic rings. The lowest BCUT2D eigenvalue weighted by molar-refractivity contribution is 0.104. The maximum absolute atomic E-state index is 12.5. The molecule has 0 fully saturated rings. The first-order chi connectivity index (χ1) is 17.9. The number of sulfonamides is 1. The van der Waals surface area contributed by atoms with Crippen LogP contribution in [0.25, 0.3) is 0 Å². The van der Waals surface area contributed by atoms with E-state index < -0.39 is 10.0 Å². The molecular formula is C27H23N5O3S2. The summed E-state index contributed by atoms with van der Waals surface area (Å²) in [5.41, 5.74) is 2.73. The monoisotopic (exact) mass is 529 g/mol. The van der Waals surface area contributed by atoms with Crippen LogP contribution in [0.3, 0.4) is 0 Å². The molecular weight excluding hydrogens is 506 g/mol. The predicted octanol–water partition coefficient (Wildman–Crippen LogP) is 5.50. The van der Waals surface area contributed by atoms with Crippen molar-refractivity contribution >= 4 is 56.0 Å². The quantitative estimate of drug-likeness (QED) is 0.128. The second kappa shape index (κ2) is 11.9. The number of carbonyl (C=O) groups is 1. The first kappa shape index (κ1) is 25.5. The van der Waals surface area contributed by atoms with Crippen LogP contribution in [-0.2, 0) is 10.0 Å². The lowest BCUT2D eigenvalue weighted by atomic mass is 10.1. The van der Waals surface area contributed by atoms with E-state index in [4.69, 9.17) is 12.2 Å². The minimum Gasteiger partial charge on any atom is -0.362 e. The van der Waals surface area contributed by atoms with E-state index in [0.29, 0.717) is 22.1 Å². The lowest BCUT2D eigenvalue weighted by Crippen LogP contribution is -2.19. The summed E-state index contributed by atoms with van der Waals surface area (Å²) in [7, 11) is -3.76. The molecule has 10 heteroatoms. The first-order valence-corrected chi connectivity index (χ1v) is 13.0. The molecule has 37 heavy (non-hydrogen) atoms. The topological polar surface area (TPSA) is 112 Å². The van der Waals surface area contributed by atoms with Gasteiger partial charge in [0.05, 0.1) is 4.90 Å². The molecule has 0 unspecified atom stereocenters. The minimum atomic E-state index is -3.76. The molecule has 186 valence electrons. The summed E-state index contributed by atoms with van der Waals surface area (Å²) in [6, 6.07) is 27.6. The highest BCUT2D eigenvalue weighted by atomic mass is 32.2. The summed E-state index contributed by atoms with van der Waals surface area (Å²) in [6.45, 7) is 0. The molecule has 0 saturated carbocycles. The van der Waals surface area contributed by atoms with Crippen molar-refractivity contribution in [2.24, 2.45) is 0 Å². The van der Waals surface area contributed by atoms with Crippen molar-refractivity contribution in [1.29, 1.82) is 0 Å². The first-order valence-electron chi connectivity index (χ1n) is 11.1. The molecule has 0 aliphatic carbocycles. The van der Waals surface area contributed by atoms with Gasteiger partial charge in [0, 0.05) is 41.1 Å². The Hall–Kier alpha value is -4.54. The van der Waals surface area contributed by atoms with Gasteiger partial charge in [-0.1, -0.05) is 24.3 Å². The van der Waals surface area contributed by atoms with Crippen molar-refractivity contribution in [2.75, 3.05) is 20.7 Å². The number of nitrogens with one attached hydrogen (secondary N) is 4. The minimum absolute atomic E-state index is 0.0934. The van der Waals surface area contributed by atoms with Crippen LogP contribution in [-0.4, -0.2) is 24.3 Å². The van der Waals surface area contributed by atoms with E-state index in [9.17, 15) is 13.2 Å². The molecule has 4 rings (SSSR count). The Balaban J connectivity index is 1.29. The molecule has 0 saturated heterocycles. The fourth-order valence-corrected chi connectivity index (χ4v) is 4.44. The highest BCUT2D eigenvalue weighted by molar-refractivity contribution is 7.92. The van der Waals surface area contributed by atoms with Gasteiger partial charge in [-0.3, -0.25) is 9.52 Å². The molecule has 0 spiro atoms. The molecule has 0 aliphatic heterocycles. The zero-order valence-electron chi connectivity index (χ0n) is 19.5. The number of allylic oxidation sites excluding steroid dienone is 1. The lowest BCUT2D eigenvalue weighted by Gasteiger charge is -2.12. The Labute approximate surface area is 220 Å². The molecule has 0 bridgehead atoms. The van der Waals surface area contributed by atoms with Crippen molar-refractivity contribution in [3.05, 3.63) is 121 Å². The molecule has 1 heterocycles. The number of hydrogen-bond donors (Lipinski definition) is 4. The molecule has 8 nitrogen and oxygen atoms in total. The second-order valence-electron chi connectivity index (χ2n) is 7.71. The number of para-hydroxylation sites is 1. The summed E-state index contributed by atoms with van der Waals surface area (Å²) in [5, 5.41) is 9.41. The highest BCUT2D eigenvalue weighted by Gasteiger charge is 2.14. The largest absolute Gasteiger partial charge is 0.362 e. The van der Waals surface area contributed by atoms with Gasteiger partial charge in [-0.25, -0.2) is 13.4 Å². The maximum atomic E-state index is 12.5. The van der Waals surface area contributed by atoms with Gasteiger partial charge in [0.2, 0.25) is 0 Å². The van der Waals surface area contributed by atoms with E-state index in [2.05, 4.69) is 25.7 Å². The summed E-state index contributed by atoms with van der Waals surface area (Å²) in [4.78, 5) is 16.4. The molecule has 0 radical (unpaired) electrons.